The molecule has 2 aromatic rings. The first-order valence-corrected chi connectivity index (χ1v) is 10.3. The molecule has 2 aliphatic rings. The fraction of sp³-hybridized carbons (Fsp3) is 0.455. The quantitative estimate of drug-likeness (QED) is 0.495. The van der Waals surface area contributed by atoms with Crippen molar-refractivity contribution < 1.29 is 29.6 Å². The summed E-state index contributed by atoms with van der Waals surface area (Å²) >= 11 is 0. The number of fused-ring (bicyclic) bond motifs is 1. The lowest BCUT2D eigenvalue weighted by Gasteiger charge is -2.40. The van der Waals surface area contributed by atoms with Crippen molar-refractivity contribution in [1.82, 2.24) is 0 Å². The molecule has 4 N–H and O–H groups in total. The summed E-state index contributed by atoms with van der Waals surface area (Å²) in [5, 5.41) is 40.1. The van der Waals surface area contributed by atoms with Crippen molar-refractivity contribution in [3.8, 4) is 0 Å². The van der Waals surface area contributed by atoms with Crippen LogP contribution in [-0.2, 0) is 22.8 Å². The van der Waals surface area contributed by atoms with Crippen molar-refractivity contribution in [2.45, 2.75) is 55.5 Å². The van der Waals surface area contributed by atoms with Crippen LogP contribution in [0.3, 0.4) is 0 Å². The second kappa shape index (κ2) is 7.77. The Labute approximate surface area is 177 Å². The summed E-state index contributed by atoms with van der Waals surface area (Å²) in [5.41, 5.74) is 5.60. The first-order chi connectivity index (χ1) is 14.1. The van der Waals surface area contributed by atoms with E-state index in [0.717, 1.165) is 23.1 Å². The number of benzene rings is 2. The highest BCUT2D eigenvalue weighted by Gasteiger charge is 2.44. The van der Waals surface area contributed by atoms with Crippen molar-refractivity contribution in [2.24, 2.45) is 0 Å². The third-order valence-electron chi connectivity index (χ3n) is 6.58. The van der Waals surface area contributed by atoms with Gasteiger partial charge in [-0.3, -0.25) is 0 Å². The van der Waals surface area contributed by atoms with E-state index in [9.17, 15) is 24.8 Å². The maximum Gasteiger partial charge on any atom is 0.129 e. The summed E-state index contributed by atoms with van der Waals surface area (Å²) in [4.78, 5) is 0. The van der Waals surface area contributed by atoms with Crippen LogP contribution in [0.2, 0.25) is 0 Å². The Balaban J connectivity index is 1.66. The van der Waals surface area contributed by atoms with Gasteiger partial charge in [-0.1, -0.05) is 29.0 Å². The minimum Gasteiger partial charge on any atom is -0.394 e. The molecule has 1 saturated heterocycles. The zero-order valence-electron chi connectivity index (χ0n) is 17.5. The molecule has 0 unspecified atom stereocenters. The van der Waals surface area contributed by atoms with Crippen LogP contribution in [0, 0.1) is 12.7 Å². The van der Waals surface area contributed by atoms with Crippen LogP contribution in [0.4, 0.5) is 4.39 Å². The van der Waals surface area contributed by atoms with Crippen LogP contribution in [0.1, 0.15) is 39.5 Å². The van der Waals surface area contributed by atoms with Gasteiger partial charge in [0.05, 0.1) is 6.61 Å². The van der Waals surface area contributed by atoms with E-state index < -0.39 is 42.9 Å². The largest absolute Gasteiger partial charge is 0.394 e. The van der Waals surface area contributed by atoms with Crippen LogP contribution < -0.4 is 0 Å². The lowest BCUT2D eigenvalue weighted by atomic mass is 9.42. The van der Waals surface area contributed by atoms with E-state index in [4.69, 9.17) is 4.74 Å². The minimum absolute atomic E-state index is 0.108. The van der Waals surface area contributed by atoms with Gasteiger partial charge in [0.15, 0.2) is 0 Å². The van der Waals surface area contributed by atoms with Crippen molar-refractivity contribution in [3.05, 3.63) is 69.5 Å². The molecule has 8 heteroatoms. The number of halogens is 1. The van der Waals surface area contributed by atoms with E-state index >= 15 is 0 Å². The van der Waals surface area contributed by atoms with Gasteiger partial charge in [-0.15, -0.1) is 0 Å². The molecule has 5 atom stereocenters. The second-order valence-electron chi connectivity index (χ2n) is 9.28. The normalized spacial score (nSPS) is 29.9. The molecule has 0 amide bonds. The van der Waals surface area contributed by atoms with Crippen LogP contribution >= 0.6 is 0 Å². The average Bonchev–Trinajstić information content (AvgIpc) is 2.69. The van der Waals surface area contributed by atoms with Gasteiger partial charge in [-0.2, -0.15) is 0 Å². The predicted octanol–water partition coefficient (Wildman–Crippen LogP) is -0.785. The Morgan fingerprint density at radius 1 is 1.10 bits per heavy atom. The minimum atomic E-state index is -1.54. The highest BCUT2D eigenvalue weighted by Crippen LogP contribution is 2.38. The molecule has 5 nitrogen and oxygen atoms in total. The molecule has 0 saturated carbocycles. The lowest BCUT2D eigenvalue weighted by Crippen LogP contribution is -2.55. The van der Waals surface area contributed by atoms with E-state index in [1.807, 2.05) is 6.92 Å². The zero-order chi connectivity index (χ0) is 21.8. The SMILES string of the molecule is BC1(B)Cc2ccc(Cc3cc([C@@H]4O[C@H](CO)[C@@H](O)[C@H](O)[C@H]4O)c(F)cc3C)cc21. The maximum atomic E-state index is 14.8. The summed E-state index contributed by atoms with van der Waals surface area (Å²) < 4.78 is 20.4. The third-order valence-corrected chi connectivity index (χ3v) is 6.58. The summed E-state index contributed by atoms with van der Waals surface area (Å²) in [6.45, 7) is 1.28. The average molecular weight is 412 g/mol. The molecule has 158 valence electrons. The van der Waals surface area contributed by atoms with Gasteiger partial charge in [0.2, 0.25) is 0 Å². The topological polar surface area (TPSA) is 90.2 Å². The smallest absolute Gasteiger partial charge is 0.129 e. The first-order valence-electron chi connectivity index (χ1n) is 10.3. The molecular formula is C22H27B2FO5. The Bertz CT molecular complexity index is 965. The van der Waals surface area contributed by atoms with Gasteiger partial charge in [0.1, 0.15) is 52.0 Å². The summed E-state index contributed by atoms with van der Waals surface area (Å²) in [5.74, 6) is -0.557. The van der Waals surface area contributed by atoms with Gasteiger partial charge in [0.25, 0.3) is 0 Å². The Kier molecular flexibility index (Phi) is 5.58. The number of ether oxygens (including phenoxy) is 1. The second-order valence-corrected chi connectivity index (χ2v) is 9.28. The first kappa shape index (κ1) is 21.5. The van der Waals surface area contributed by atoms with Gasteiger partial charge in [-0.05, 0) is 54.2 Å². The number of aliphatic hydroxyl groups is 4. The monoisotopic (exact) mass is 412 g/mol. The van der Waals surface area contributed by atoms with Crippen LogP contribution in [0.5, 0.6) is 0 Å². The van der Waals surface area contributed by atoms with E-state index in [-0.39, 0.29) is 10.8 Å². The number of hydrogen-bond donors (Lipinski definition) is 4. The van der Waals surface area contributed by atoms with Crippen molar-refractivity contribution >= 4 is 15.7 Å². The van der Waals surface area contributed by atoms with E-state index in [2.05, 4.69) is 33.9 Å². The molecule has 0 radical (unpaired) electrons. The zero-order valence-corrected chi connectivity index (χ0v) is 17.5. The molecule has 1 fully saturated rings. The van der Waals surface area contributed by atoms with Crippen LogP contribution in [-0.4, -0.2) is 67.1 Å². The van der Waals surface area contributed by atoms with Crippen LogP contribution in [0.25, 0.3) is 0 Å². The molecule has 2 aromatic carbocycles. The van der Waals surface area contributed by atoms with Crippen molar-refractivity contribution in [3.63, 3.8) is 0 Å². The summed E-state index contributed by atoms with van der Waals surface area (Å²) in [7, 11) is 4.44. The molecule has 0 aromatic heterocycles. The maximum absolute atomic E-state index is 14.8. The van der Waals surface area contributed by atoms with E-state index in [0.29, 0.717) is 6.42 Å². The van der Waals surface area contributed by atoms with Gasteiger partial charge in [-0.25, -0.2) is 4.39 Å². The summed E-state index contributed by atoms with van der Waals surface area (Å²) in [6.07, 6.45) is -5.12. The number of hydrogen-bond acceptors (Lipinski definition) is 5. The van der Waals surface area contributed by atoms with Crippen molar-refractivity contribution in [2.75, 3.05) is 6.61 Å². The molecule has 1 heterocycles. The Morgan fingerprint density at radius 2 is 1.83 bits per heavy atom. The highest BCUT2D eigenvalue weighted by molar-refractivity contribution is 6.41. The number of aliphatic hydroxyl groups excluding tert-OH is 4. The molecule has 30 heavy (non-hydrogen) atoms. The van der Waals surface area contributed by atoms with E-state index in [1.54, 1.807) is 6.07 Å². The Hall–Kier alpha value is -1.70. The van der Waals surface area contributed by atoms with Gasteiger partial charge >= 0.3 is 0 Å². The fourth-order valence-electron chi connectivity index (χ4n) is 4.71. The summed E-state index contributed by atoms with van der Waals surface area (Å²) in [6, 6.07) is 9.49. The third kappa shape index (κ3) is 3.61. The predicted molar refractivity (Wildman–Crippen MR) is 116 cm³/mol. The van der Waals surface area contributed by atoms with E-state index in [1.165, 1.54) is 17.2 Å². The molecule has 0 bridgehead atoms. The Morgan fingerprint density at radius 3 is 2.50 bits per heavy atom. The highest BCUT2D eigenvalue weighted by atomic mass is 19.1. The van der Waals surface area contributed by atoms with Gasteiger partial charge < -0.3 is 25.2 Å². The van der Waals surface area contributed by atoms with Gasteiger partial charge in [0, 0.05) is 5.56 Å². The molecule has 1 aliphatic carbocycles. The number of rotatable bonds is 4. The standard InChI is InChI=1S/C22H27B2FO5/c1-10-4-16(25)14(21-20(29)19(28)18(27)17(9-26)30-21)7-13(10)5-11-2-3-12-8-22(23,24)15(12)6-11/h2-4,6-7,17-21,26-29H,5,8-9,23-24H2,1H3/t17-,18-,19+,20-,21+/m1/s1. The molecule has 0 spiro atoms. The fourth-order valence-corrected chi connectivity index (χ4v) is 4.71. The van der Waals surface area contributed by atoms with Crippen LogP contribution in [0.15, 0.2) is 30.3 Å². The molecule has 1 aliphatic heterocycles. The lowest BCUT2D eigenvalue weighted by molar-refractivity contribution is -0.232. The molecular weight excluding hydrogens is 385 g/mol. The number of aryl methyl sites for hydroxylation is 1. The molecule has 4 rings (SSSR count). The van der Waals surface area contributed by atoms with Crippen molar-refractivity contribution in [1.29, 1.82) is 0 Å².